The maximum Gasteiger partial charge on any atom is 0.0625 e. The summed E-state index contributed by atoms with van der Waals surface area (Å²) in [7, 11) is 0. The molecule has 1 saturated heterocycles. The van der Waals surface area contributed by atoms with Gasteiger partial charge >= 0.3 is 0 Å². The van der Waals surface area contributed by atoms with E-state index in [1.165, 1.54) is 12.8 Å². The topological polar surface area (TPSA) is 12.5 Å². The first kappa shape index (κ1) is 8.52. The molecular formula is C10H19NO. The van der Waals surface area contributed by atoms with Crippen LogP contribution in [0.5, 0.6) is 0 Å². The molecule has 0 aromatic heterocycles. The van der Waals surface area contributed by atoms with Gasteiger partial charge in [0.15, 0.2) is 0 Å². The van der Waals surface area contributed by atoms with Crippen molar-refractivity contribution in [3.63, 3.8) is 0 Å². The van der Waals surface area contributed by atoms with E-state index in [0.717, 1.165) is 31.7 Å². The lowest BCUT2D eigenvalue weighted by Gasteiger charge is -2.38. The van der Waals surface area contributed by atoms with Crippen molar-refractivity contribution in [3.05, 3.63) is 0 Å². The number of hydrogen-bond donors (Lipinski definition) is 0. The van der Waals surface area contributed by atoms with Crippen LogP contribution in [0.25, 0.3) is 0 Å². The quantitative estimate of drug-likeness (QED) is 0.621. The summed E-state index contributed by atoms with van der Waals surface area (Å²) < 4.78 is 5.52. The van der Waals surface area contributed by atoms with Gasteiger partial charge in [0.1, 0.15) is 0 Å². The summed E-state index contributed by atoms with van der Waals surface area (Å²) in [4.78, 5) is 2.61. The third kappa shape index (κ3) is 1.64. The van der Waals surface area contributed by atoms with E-state index < -0.39 is 0 Å². The van der Waals surface area contributed by atoms with E-state index in [1.807, 2.05) is 0 Å². The zero-order valence-electron chi connectivity index (χ0n) is 8.12. The van der Waals surface area contributed by atoms with Gasteiger partial charge in [-0.2, -0.15) is 0 Å². The van der Waals surface area contributed by atoms with Gasteiger partial charge < -0.3 is 4.74 Å². The van der Waals surface area contributed by atoms with Crippen molar-refractivity contribution in [1.29, 1.82) is 0 Å². The van der Waals surface area contributed by atoms with Crippen LogP contribution in [0.4, 0.5) is 0 Å². The number of morpholine rings is 1. The molecule has 12 heavy (non-hydrogen) atoms. The Morgan fingerprint density at radius 1 is 1.33 bits per heavy atom. The fraction of sp³-hybridized carbons (Fsp3) is 1.00. The highest BCUT2D eigenvalue weighted by Gasteiger charge is 2.37. The second kappa shape index (κ2) is 3.35. The molecule has 2 aliphatic rings. The molecule has 2 nitrogen and oxygen atoms in total. The zero-order valence-corrected chi connectivity index (χ0v) is 8.12. The van der Waals surface area contributed by atoms with Gasteiger partial charge in [-0.05, 0) is 32.6 Å². The Labute approximate surface area is 74.9 Å². The highest BCUT2D eigenvalue weighted by Crippen LogP contribution is 2.37. The Morgan fingerprint density at radius 3 is 2.67 bits per heavy atom. The van der Waals surface area contributed by atoms with Crippen LogP contribution >= 0.6 is 0 Å². The molecule has 70 valence electrons. The molecule has 1 aliphatic heterocycles. The van der Waals surface area contributed by atoms with E-state index in [4.69, 9.17) is 4.74 Å². The molecule has 0 amide bonds. The summed E-state index contributed by atoms with van der Waals surface area (Å²) in [5.41, 5.74) is 0. The molecule has 1 heterocycles. The summed E-state index contributed by atoms with van der Waals surface area (Å²) in [6, 6.07) is 1.43. The van der Waals surface area contributed by atoms with Crippen LogP contribution in [0, 0.1) is 5.92 Å². The van der Waals surface area contributed by atoms with E-state index in [2.05, 4.69) is 18.7 Å². The molecule has 1 atom stereocenters. The smallest absolute Gasteiger partial charge is 0.0625 e. The average molecular weight is 169 g/mol. The van der Waals surface area contributed by atoms with Crippen molar-refractivity contribution < 1.29 is 4.74 Å². The number of ether oxygens (including phenoxy) is 1. The maximum atomic E-state index is 5.52. The van der Waals surface area contributed by atoms with E-state index in [0.29, 0.717) is 6.04 Å². The molecule has 1 aliphatic carbocycles. The third-order valence-corrected chi connectivity index (χ3v) is 3.04. The van der Waals surface area contributed by atoms with Crippen LogP contribution in [-0.2, 0) is 4.74 Å². The van der Waals surface area contributed by atoms with Crippen molar-refractivity contribution in [3.8, 4) is 0 Å². The number of nitrogens with zero attached hydrogens (tertiary/aromatic N) is 1. The van der Waals surface area contributed by atoms with Gasteiger partial charge in [0.05, 0.1) is 13.2 Å². The van der Waals surface area contributed by atoms with Crippen LogP contribution in [0.3, 0.4) is 0 Å². The standard InChI is InChI=1S/C10H19NO/c1-8(2)11-5-6-12-7-10(11)9-3-4-9/h8-10H,3-7H2,1-2H3. The Morgan fingerprint density at radius 2 is 2.08 bits per heavy atom. The first-order valence-corrected chi connectivity index (χ1v) is 5.12. The van der Waals surface area contributed by atoms with Gasteiger partial charge in [-0.25, -0.2) is 0 Å². The highest BCUT2D eigenvalue weighted by molar-refractivity contribution is 4.90. The maximum absolute atomic E-state index is 5.52. The third-order valence-electron chi connectivity index (χ3n) is 3.04. The van der Waals surface area contributed by atoms with Gasteiger partial charge in [0.2, 0.25) is 0 Å². The summed E-state index contributed by atoms with van der Waals surface area (Å²) in [5, 5.41) is 0. The predicted molar refractivity (Wildman–Crippen MR) is 49.2 cm³/mol. The molecule has 1 unspecified atom stereocenters. The highest BCUT2D eigenvalue weighted by atomic mass is 16.5. The van der Waals surface area contributed by atoms with E-state index >= 15 is 0 Å². The van der Waals surface area contributed by atoms with Crippen molar-refractivity contribution in [2.24, 2.45) is 5.92 Å². The SMILES string of the molecule is CC(C)N1CCOCC1C1CC1. The van der Waals surface area contributed by atoms with Crippen molar-refractivity contribution in [2.45, 2.75) is 38.8 Å². The molecule has 0 spiro atoms. The number of rotatable bonds is 2. The molecule has 2 fully saturated rings. The molecular weight excluding hydrogens is 150 g/mol. The molecule has 0 aromatic rings. The summed E-state index contributed by atoms with van der Waals surface area (Å²) in [6.07, 6.45) is 2.86. The Hall–Kier alpha value is -0.0800. The first-order chi connectivity index (χ1) is 5.79. The lowest BCUT2D eigenvalue weighted by molar-refractivity contribution is -0.0301. The minimum atomic E-state index is 0.694. The minimum Gasteiger partial charge on any atom is -0.378 e. The van der Waals surface area contributed by atoms with Crippen LogP contribution in [0.15, 0.2) is 0 Å². The van der Waals surface area contributed by atoms with E-state index in [-0.39, 0.29) is 0 Å². The molecule has 0 bridgehead atoms. The van der Waals surface area contributed by atoms with Crippen LogP contribution < -0.4 is 0 Å². The monoisotopic (exact) mass is 169 g/mol. The predicted octanol–water partition coefficient (Wildman–Crippen LogP) is 1.51. The largest absolute Gasteiger partial charge is 0.378 e. The molecule has 2 heteroatoms. The van der Waals surface area contributed by atoms with Gasteiger partial charge in [-0.15, -0.1) is 0 Å². The Bertz CT molecular complexity index is 144. The average Bonchev–Trinajstić information content (AvgIpc) is 2.87. The first-order valence-electron chi connectivity index (χ1n) is 5.12. The number of hydrogen-bond acceptors (Lipinski definition) is 2. The van der Waals surface area contributed by atoms with Crippen LogP contribution in [0.1, 0.15) is 26.7 Å². The van der Waals surface area contributed by atoms with Gasteiger partial charge in [0, 0.05) is 18.6 Å². The zero-order chi connectivity index (χ0) is 8.55. The lowest BCUT2D eigenvalue weighted by atomic mass is 10.1. The second-order valence-corrected chi connectivity index (χ2v) is 4.31. The summed E-state index contributed by atoms with van der Waals surface area (Å²) in [6.45, 7) is 7.63. The molecule has 0 radical (unpaired) electrons. The van der Waals surface area contributed by atoms with Crippen LogP contribution in [0.2, 0.25) is 0 Å². The molecule has 2 rings (SSSR count). The summed E-state index contributed by atoms with van der Waals surface area (Å²) >= 11 is 0. The molecule has 0 N–H and O–H groups in total. The second-order valence-electron chi connectivity index (χ2n) is 4.31. The minimum absolute atomic E-state index is 0.694. The lowest BCUT2D eigenvalue weighted by Crippen LogP contribution is -2.49. The van der Waals surface area contributed by atoms with Crippen molar-refractivity contribution in [1.82, 2.24) is 4.90 Å². The van der Waals surface area contributed by atoms with Gasteiger partial charge in [0.25, 0.3) is 0 Å². The molecule has 0 aromatic carbocycles. The fourth-order valence-corrected chi connectivity index (χ4v) is 2.16. The van der Waals surface area contributed by atoms with Crippen molar-refractivity contribution in [2.75, 3.05) is 19.8 Å². The Kier molecular flexibility index (Phi) is 2.37. The fourth-order valence-electron chi connectivity index (χ4n) is 2.16. The van der Waals surface area contributed by atoms with E-state index in [9.17, 15) is 0 Å². The van der Waals surface area contributed by atoms with Gasteiger partial charge in [-0.1, -0.05) is 0 Å². The van der Waals surface area contributed by atoms with Crippen molar-refractivity contribution >= 4 is 0 Å². The molecule has 1 saturated carbocycles. The normalized spacial score (nSPS) is 32.8. The summed E-state index contributed by atoms with van der Waals surface area (Å²) in [5.74, 6) is 0.952. The van der Waals surface area contributed by atoms with E-state index in [1.54, 1.807) is 0 Å². The van der Waals surface area contributed by atoms with Gasteiger partial charge in [-0.3, -0.25) is 4.90 Å². The van der Waals surface area contributed by atoms with Crippen LogP contribution in [-0.4, -0.2) is 36.7 Å². The Balaban J connectivity index is 1.96.